The first-order valence-corrected chi connectivity index (χ1v) is 9.96. The number of aryl methyl sites for hydroxylation is 1. The molecular weight excluding hydrogens is 475 g/mol. The van der Waals surface area contributed by atoms with E-state index in [0.29, 0.717) is 17.5 Å². The van der Waals surface area contributed by atoms with Gasteiger partial charge in [-0.15, -0.1) is 0 Å². The summed E-state index contributed by atoms with van der Waals surface area (Å²) in [6.07, 6.45) is -3.73. The van der Waals surface area contributed by atoms with Gasteiger partial charge in [0, 0.05) is 24.1 Å². The lowest BCUT2D eigenvalue weighted by Crippen LogP contribution is -2.51. The van der Waals surface area contributed by atoms with Crippen molar-refractivity contribution in [3.63, 3.8) is 0 Å². The summed E-state index contributed by atoms with van der Waals surface area (Å²) in [4.78, 5) is 29.0. The van der Waals surface area contributed by atoms with Crippen molar-refractivity contribution in [1.82, 2.24) is 4.90 Å². The number of oxime groups is 1. The predicted molar refractivity (Wildman–Crippen MR) is 111 cm³/mol. The number of alkyl halides is 3. The predicted octanol–water partition coefficient (Wildman–Crippen LogP) is 5.73. The Hall–Kier alpha value is -2.65. The molecule has 0 fully saturated rings. The zero-order chi connectivity index (χ0) is 23.8. The van der Waals surface area contributed by atoms with Gasteiger partial charge in [0.2, 0.25) is 12.0 Å². The van der Waals surface area contributed by atoms with Gasteiger partial charge in [0.1, 0.15) is 0 Å². The molecule has 2 amide bonds. The van der Waals surface area contributed by atoms with Gasteiger partial charge in [0.05, 0.1) is 15.8 Å². The second kappa shape index (κ2) is 8.71. The number of rotatable bonds is 5. The van der Waals surface area contributed by atoms with Crippen molar-refractivity contribution in [3.8, 4) is 0 Å². The topological polar surface area (TPSA) is 59.0 Å². The summed E-state index contributed by atoms with van der Waals surface area (Å²) in [5, 5.41) is 2.71. The van der Waals surface area contributed by atoms with E-state index in [1.54, 1.807) is 6.92 Å². The maximum atomic E-state index is 14.1. The fourth-order valence-corrected chi connectivity index (χ4v) is 4.16. The van der Waals surface area contributed by atoms with Crippen LogP contribution in [0.3, 0.4) is 0 Å². The molecule has 0 saturated carbocycles. The minimum Gasteiger partial charge on any atom is -0.378 e. The Morgan fingerprint density at radius 1 is 1.38 bits per heavy atom. The van der Waals surface area contributed by atoms with Crippen LogP contribution in [0.25, 0.3) is 0 Å². The van der Waals surface area contributed by atoms with E-state index in [0.717, 1.165) is 17.2 Å². The van der Waals surface area contributed by atoms with E-state index in [-0.39, 0.29) is 11.3 Å². The van der Waals surface area contributed by atoms with Crippen molar-refractivity contribution >= 4 is 41.2 Å². The summed E-state index contributed by atoms with van der Waals surface area (Å²) in [6.45, 7) is 4.93. The molecule has 0 bridgehead atoms. The van der Waals surface area contributed by atoms with Crippen molar-refractivity contribution in [2.45, 2.75) is 31.5 Å². The number of imide groups is 1. The molecule has 0 N–H and O–H groups in total. The van der Waals surface area contributed by atoms with E-state index in [9.17, 15) is 27.2 Å². The lowest BCUT2D eigenvalue weighted by molar-refractivity contribution is -0.282. The van der Waals surface area contributed by atoms with E-state index in [1.165, 1.54) is 18.2 Å². The Kier molecular flexibility index (Phi) is 6.53. The zero-order valence-corrected chi connectivity index (χ0v) is 18.1. The molecule has 170 valence electrons. The highest BCUT2D eigenvalue weighted by molar-refractivity contribution is 6.35. The minimum atomic E-state index is -4.87. The number of benzene rings is 1. The fourth-order valence-electron chi connectivity index (χ4n) is 3.58. The third-order valence-electron chi connectivity index (χ3n) is 5.36. The molecular formula is C21H16Cl2F4N2O3. The Balaban J connectivity index is 1.93. The van der Waals surface area contributed by atoms with E-state index >= 15 is 0 Å². The summed E-state index contributed by atoms with van der Waals surface area (Å²) in [7, 11) is 0. The number of hydrogen-bond donors (Lipinski definition) is 0. The van der Waals surface area contributed by atoms with E-state index in [4.69, 9.17) is 28.0 Å². The SMILES string of the molecule is C=CN(C=O)C(=O)c1ccc(C2=NO[C@@](C3C=C(Cl)C(F)=C(Cl)C3)(C(F)(F)F)C2)cc1C. The maximum Gasteiger partial charge on any atom is 0.431 e. The van der Waals surface area contributed by atoms with Crippen LogP contribution in [-0.4, -0.2) is 34.7 Å². The van der Waals surface area contributed by atoms with Gasteiger partial charge >= 0.3 is 6.18 Å². The largest absolute Gasteiger partial charge is 0.431 e. The average molecular weight is 491 g/mol. The van der Waals surface area contributed by atoms with Crippen molar-refractivity contribution in [2.24, 2.45) is 11.1 Å². The normalized spacial score (nSPS) is 23.3. The number of halogens is 6. The highest BCUT2D eigenvalue weighted by atomic mass is 35.5. The molecule has 1 heterocycles. The standard InChI is InChI=1S/C21H16Cl2F4N2O3/c1-3-29(10-30)19(31)14-5-4-12(6-11(14)2)17-9-20(32-28-17,21(25,26)27)13-7-15(22)18(24)16(23)8-13/h3-7,10,13H,1,8-9H2,2H3/t13?,20-/m0/s1. The molecule has 1 aliphatic carbocycles. The second-order valence-electron chi connectivity index (χ2n) is 7.27. The van der Waals surface area contributed by atoms with Gasteiger partial charge in [-0.2, -0.15) is 13.2 Å². The molecule has 0 radical (unpaired) electrons. The van der Waals surface area contributed by atoms with Crippen LogP contribution < -0.4 is 0 Å². The summed E-state index contributed by atoms with van der Waals surface area (Å²) in [5.41, 5.74) is -1.95. The maximum absolute atomic E-state index is 14.1. The van der Waals surface area contributed by atoms with E-state index in [2.05, 4.69) is 11.7 Å². The number of nitrogens with zero attached hydrogens (tertiary/aromatic N) is 2. The van der Waals surface area contributed by atoms with Crippen LogP contribution >= 0.6 is 23.2 Å². The first-order chi connectivity index (χ1) is 14.9. The van der Waals surface area contributed by atoms with E-state index < -0.39 is 52.3 Å². The molecule has 11 heteroatoms. The van der Waals surface area contributed by atoms with Crippen LogP contribution in [0.5, 0.6) is 0 Å². The van der Waals surface area contributed by atoms with Gasteiger partial charge in [0.15, 0.2) is 5.83 Å². The monoisotopic (exact) mass is 490 g/mol. The summed E-state index contributed by atoms with van der Waals surface area (Å²) in [5.74, 6) is -3.02. The molecule has 5 nitrogen and oxygen atoms in total. The highest BCUT2D eigenvalue weighted by Crippen LogP contribution is 2.51. The molecule has 1 aliphatic heterocycles. The summed E-state index contributed by atoms with van der Waals surface area (Å²) < 4.78 is 56.2. The Bertz CT molecular complexity index is 1070. The molecule has 3 rings (SSSR count). The third kappa shape index (κ3) is 4.06. The molecule has 2 aliphatic rings. The van der Waals surface area contributed by atoms with Gasteiger partial charge in [-0.3, -0.25) is 14.5 Å². The Morgan fingerprint density at radius 3 is 2.59 bits per heavy atom. The first-order valence-electron chi connectivity index (χ1n) is 9.20. The summed E-state index contributed by atoms with van der Waals surface area (Å²) in [6, 6.07) is 4.23. The molecule has 0 spiro atoms. The Morgan fingerprint density at radius 2 is 2.06 bits per heavy atom. The van der Waals surface area contributed by atoms with Gasteiger partial charge < -0.3 is 4.84 Å². The molecule has 1 aromatic carbocycles. The zero-order valence-electron chi connectivity index (χ0n) is 16.5. The molecule has 2 atom stereocenters. The van der Waals surface area contributed by atoms with Crippen LogP contribution in [0.15, 0.2) is 58.1 Å². The van der Waals surface area contributed by atoms with Crippen molar-refractivity contribution in [1.29, 1.82) is 0 Å². The average Bonchev–Trinajstić information content (AvgIpc) is 3.19. The van der Waals surface area contributed by atoms with Crippen LogP contribution in [0.2, 0.25) is 0 Å². The smallest absolute Gasteiger partial charge is 0.378 e. The van der Waals surface area contributed by atoms with Gasteiger partial charge in [-0.1, -0.05) is 47.1 Å². The summed E-state index contributed by atoms with van der Waals surface area (Å²) >= 11 is 11.5. The minimum absolute atomic E-state index is 0.0175. The molecule has 0 saturated heterocycles. The lowest BCUT2D eigenvalue weighted by atomic mass is 9.78. The number of hydrogen-bond acceptors (Lipinski definition) is 4. The first kappa shape index (κ1) is 24.0. The molecule has 1 aromatic rings. The van der Waals surface area contributed by atoms with Gasteiger partial charge in [-0.25, -0.2) is 4.39 Å². The molecule has 32 heavy (non-hydrogen) atoms. The third-order valence-corrected chi connectivity index (χ3v) is 5.97. The fraction of sp³-hybridized carbons (Fsp3) is 0.286. The lowest BCUT2D eigenvalue weighted by Gasteiger charge is -2.36. The second-order valence-corrected chi connectivity index (χ2v) is 8.13. The highest BCUT2D eigenvalue weighted by Gasteiger charge is 2.65. The Labute approximate surface area is 190 Å². The van der Waals surface area contributed by atoms with Crippen molar-refractivity contribution in [2.75, 3.05) is 0 Å². The van der Waals surface area contributed by atoms with Gasteiger partial charge in [-0.05, 0) is 36.6 Å². The van der Waals surface area contributed by atoms with Crippen molar-refractivity contribution in [3.05, 3.63) is 69.6 Å². The number of amides is 2. The molecule has 1 unspecified atom stereocenters. The van der Waals surface area contributed by atoms with Crippen molar-refractivity contribution < 1.29 is 32.0 Å². The van der Waals surface area contributed by atoms with E-state index in [1.807, 2.05) is 0 Å². The molecule has 0 aromatic heterocycles. The number of allylic oxidation sites excluding steroid dienone is 3. The van der Waals surface area contributed by atoms with Gasteiger partial charge in [0.25, 0.3) is 5.91 Å². The number of carbonyl (C=O) groups is 2. The van der Waals surface area contributed by atoms with Crippen LogP contribution in [0, 0.1) is 12.8 Å². The van der Waals surface area contributed by atoms with Crippen LogP contribution in [0.4, 0.5) is 17.6 Å². The van der Waals surface area contributed by atoms with Crippen LogP contribution in [-0.2, 0) is 9.63 Å². The quantitative estimate of drug-likeness (QED) is 0.391. The number of carbonyl (C=O) groups excluding carboxylic acids is 2. The van der Waals surface area contributed by atoms with Crippen LogP contribution in [0.1, 0.15) is 34.3 Å².